The molecule has 37 heavy (non-hydrogen) atoms. The Bertz CT molecular complexity index is 1220. The van der Waals surface area contributed by atoms with Crippen LogP contribution >= 0.6 is 11.6 Å². The van der Waals surface area contributed by atoms with Crippen LogP contribution in [0.25, 0.3) is 0 Å². The fraction of sp³-hybridized carbons (Fsp3) is 0.219. The Kier molecular flexibility index (Phi) is 9.10. The Morgan fingerprint density at radius 3 is 1.65 bits per heavy atom. The summed E-state index contributed by atoms with van der Waals surface area (Å²) >= 11 is 7.07. The number of hydrogen-bond acceptors (Lipinski definition) is 2. The summed E-state index contributed by atoms with van der Waals surface area (Å²) in [5.74, 6) is -0.182. The van der Waals surface area contributed by atoms with E-state index in [0.29, 0.717) is 0 Å². The van der Waals surface area contributed by atoms with Crippen LogP contribution in [0.5, 0.6) is 0 Å². The van der Waals surface area contributed by atoms with Crippen LogP contribution in [0.3, 0.4) is 0 Å². The van der Waals surface area contributed by atoms with Gasteiger partial charge in [0.15, 0.2) is 0 Å². The van der Waals surface area contributed by atoms with Crippen molar-refractivity contribution < 1.29 is 9.22 Å². The molecule has 2 nitrogen and oxygen atoms in total. The average molecular weight is 592 g/mol. The van der Waals surface area contributed by atoms with Crippen molar-refractivity contribution in [2.45, 2.75) is 42.4 Å². The maximum atomic E-state index is 14.0. The Hall–Kier alpha value is -2.62. The van der Waals surface area contributed by atoms with Crippen molar-refractivity contribution in [3.8, 4) is 0 Å². The van der Waals surface area contributed by atoms with Crippen LogP contribution in [-0.4, -0.2) is 29.2 Å². The molecule has 0 saturated carbocycles. The summed E-state index contributed by atoms with van der Waals surface area (Å²) in [7, 11) is -2.97. The van der Waals surface area contributed by atoms with Gasteiger partial charge in [0.25, 0.3) is 0 Å². The first kappa shape index (κ1) is 27.4. The molecular weight excluding hydrogens is 559 g/mol. The molecule has 4 rings (SSSR count). The fourth-order valence-corrected chi connectivity index (χ4v) is 12.0. The molecule has 0 saturated heterocycles. The van der Waals surface area contributed by atoms with Crippen LogP contribution in [0.1, 0.15) is 38.1 Å². The van der Waals surface area contributed by atoms with Gasteiger partial charge in [0, 0.05) is 0 Å². The molecule has 190 valence electrons. The van der Waals surface area contributed by atoms with E-state index < -0.39 is 8.32 Å². The van der Waals surface area contributed by atoms with Gasteiger partial charge in [-0.05, 0) is 0 Å². The number of rotatable bonds is 9. The summed E-state index contributed by atoms with van der Waals surface area (Å²) in [6, 6.07) is 41.0. The summed E-state index contributed by atoms with van der Waals surface area (Å²) < 4.78 is 8.00. The van der Waals surface area contributed by atoms with Crippen LogP contribution in [0.15, 0.2) is 121 Å². The normalized spacial score (nSPS) is 13.5. The van der Waals surface area contributed by atoms with Gasteiger partial charge < -0.3 is 0 Å². The number of carbonyl (C=O) groups excluding carboxylic acids is 1. The number of benzene rings is 4. The van der Waals surface area contributed by atoms with Crippen LogP contribution in [0, 0.1) is 0 Å². The zero-order chi connectivity index (χ0) is 26.3. The molecule has 0 radical (unpaired) electrons. The second kappa shape index (κ2) is 12.3. The third-order valence-electron chi connectivity index (χ3n) is 6.53. The van der Waals surface area contributed by atoms with E-state index in [9.17, 15) is 4.79 Å². The molecular formula is C32H33ClO2SeSi. The first-order valence-electron chi connectivity index (χ1n) is 12.5. The predicted octanol–water partition coefficient (Wildman–Crippen LogP) is 6.28. The van der Waals surface area contributed by atoms with E-state index in [1.54, 1.807) is 0 Å². The van der Waals surface area contributed by atoms with Gasteiger partial charge in [-0.1, -0.05) is 0 Å². The molecule has 0 fully saturated rings. The van der Waals surface area contributed by atoms with Gasteiger partial charge >= 0.3 is 234 Å². The summed E-state index contributed by atoms with van der Waals surface area (Å²) in [5, 5.41) is 1.63. The summed E-state index contributed by atoms with van der Waals surface area (Å²) in [5.41, 5.74) is 1.03. The van der Waals surface area contributed by atoms with Crippen molar-refractivity contribution in [3.05, 3.63) is 127 Å². The number of carbonyl (C=O) groups is 1. The van der Waals surface area contributed by atoms with E-state index in [2.05, 4.69) is 57.2 Å². The standard InChI is InChI=1S/C32H33ClO2SeSi/c1-32(2,3)37(27-20-12-6-13-21-27,28-22-14-7-15-23-28)35-30(34)24-29(36-26-18-10-5-11-19-26)31(33)25-16-8-4-9-17-25/h4-23,29,31H,24H2,1-3H3/t29-,31+/m1/s1. The number of alkyl halides is 1. The van der Waals surface area contributed by atoms with E-state index in [1.165, 1.54) is 4.46 Å². The minimum absolute atomic E-state index is 0.00597. The average Bonchev–Trinajstić information content (AvgIpc) is 2.92. The molecule has 0 amide bonds. The molecule has 0 aliphatic rings. The Labute approximate surface area is 233 Å². The second-order valence-corrected chi connectivity index (χ2v) is 17.6. The molecule has 0 aliphatic heterocycles. The maximum absolute atomic E-state index is 14.0. The molecule has 0 N–H and O–H groups in total. The first-order chi connectivity index (χ1) is 17.8. The van der Waals surface area contributed by atoms with E-state index in [0.717, 1.165) is 15.9 Å². The molecule has 0 spiro atoms. The Morgan fingerprint density at radius 2 is 1.19 bits per heavy atom. The minimum atomic E-state index is -2.97. The van der Waals surface area contributed by atoms with Crippen molar-refractivity contribution in [1.82, 2.24) is 0 Å². The van der Waals surface area contributed by atoms with E-state index in [4.69, 9.17) is 16.0 Å². The third-order valence-corrected chi connectivity index (χ3v) is 15.1. The van der Waals surface area contributed by atoms with Crippen molar-refractivity contribution in [2.24, 2.45) is 0 Å². The summed E-state index contributed by atoms with van der Waals surface area (Å²) in [4.78, 5) is 13.9. The van der Waals surface area contributed by atoms with Gasteiger partial charge in [0.1, 0.15) is 0 Å². The topological polar surface area (TPSA) is 26.3 Å². The second-order valence-electron chi connectivity index (χ2n) is 10.1. The van der Waals surface area contributed by atoms with Gasteiger partial charge in [-0.25, -0.2) is 0 Å². The molecule has 0 unspecified atom stereocenters. The van der Waals surface area contributed by atoms with Gasteiger partial charge in [0.05, 0.1) is 0 Å². The molecule has 0 heterocycles. The molecule has 0 aliphatic carbocycles. The van der Waals surface area contributed by atoms with Gasteiger partial charge in [0.2, 0.25) is 0 Å². The van der Waals surface area contributed by atoms with E-state index in [1.807, 2.05) is 84.9 Å². The Balaban J connectivity index is 1.71. The fourth-order valence-electron chi connectivity index (χ4n) is 4.76. The number of halogens is 1. The molecule has 5 heteroatoms. The molecule has 0 bridgehead atoms. The van der Waals surface area contributed by atoms with E-state index >= 15 is 0 Å². The van der Waals surface area contributed by atoms with Crippen molar-refractivity contribution in [1.29, 1.82) is 0 Å². The van der Waals surface area contributed by atoms with Crippen LogP contribution in [0.4, 0.5) is 0 Å². The predicted molar refractivity (Wildman–Crippen MR) is 159 cm³/mol. The Morgan fingerprint density at radius 1 is 0.757 bits per heavy atom. The molecule has 2 atom stereocenters. The SMILES string of the molecule is CC(C)(C)[Si](OC(=O)C[C@@H]([Se]c1ccccc1)[C@@H](Cl)c1ccccc1)(c1ccccc1)c1ccccc1. The summed E-state index contributed by atoms with van der Waals surface area (Å²) in [6.45, 7) is 6.56. The third kappa shape index (κ3) is 6.45. The molecule has 0 aromatic heterocycles. The zero-order valence-electron chi connectivity index (χ0n) is 21.5. The van der Waals surface area contributed by atoms with Crippen molar-refractivity contribution in [3.63, 3.8) is 0 Å². The quantitative estimate of drug-likeness (QED) is 0.169. The zero-order valence-corrected chi connectivity index (χ0v) is 25.0. The van der Waals surface area contributed by atoms with Crippen molar-refractivity contribution in [2.75, 3.05) is 0 Å². The van der Waals surface area contributed by atoms with E-state index in [-0.39, 0.29) is 42.6 Å². The van der Waals surface area contributed by atoms with Gasteiger partial charge in [-0.15, -0.1) is 0 Å². The van der Waals surface area contributed by atoms with Crippen molar-refractivity contribution >= 4 is 55.7 Å². The van der Waals surface area contributed by atoms with Crippen LogP contribution in [-0.2, 0) is 9.22 Å². The monoisotopic (exact) mass is 592 g/mol. The van der Waals surface area contributed by atoms with Crippen LogP contribution < -0.4 is 14.8 Å². The molecule has 4 aromatic carbocycles. The number of hydrogen-bond donors (Lipinski definition) is 0. The first-order valence-corrected chi connectivity index (χ1v) is 16.7. The van der Waals surface area contributed by atoms with Gasteiger partial charge in [-0.2, -0.15) is 0 Å². The summed E-state index contributed by atoms with van der Waals surface area (Å²) in [6.07, 6.45) is 0.266. The molecule has 4 aromatic rings. The van der Waals surface area contributed by atoms with Gasteiger partial charge in [-0.3, -0.25) is 0 Å². The van der Waals surface area contributed by atoms with Crippen LogP contribution in [0.2, 0.25) is 9.85 Å².